The summed E-state index contributed by atoms with van der Waals surface area (Å²) in [6, 6.07) is 7.41. The average Bonchev–Trinajstić information content (AvgIpc) is 2.88. The molecule has 2 rings (SSSR count). The average molecular weight is 288 g/mol. The zero-order valence-electron chi connectivity index (χ0n) is 12.3. The highest BCUT2D eigenvalue weighted by Gasteiger charge is 2.06. The van der Waals surface area contributed by atoms with E-state index in [1.54, 1.807) is 0 Å². The van der Waals surface area contributed by atoms with E-state index < -0.39 is 6.03 Å². The molecule has 3 amide bonds. The highest BCUT2D eigenvalue weighted by molar-refractivity contribution is 5.94. The highest BCUT2D eigenvalue weighted by atomic mass is 16.2. The van der Waals surface area contributed by atoms with Gasteiger partial charge in [-0.1, -0.05) is 13.0 Å². The molecule has 2 aromatic rings. The van der Waals surface area contributed by atoms with Crippen LogP contribution < -0.4 is 16.0 Å². The van der Waals surface area contributed by atoms with E-state index in [-0.39, 0.29) is 12.5 Å². The summed E-state index contributed by atoms with van der Waals surface area (Å²) in [6.07, 6.45) is 3.09. The normalized spacial score (nSPS) is 10.4. The number of benzene rings is 1. The minimum absolute atomic E-state index is 0.0449. The maximum atomic E-state index is 11.7. The molecule has 0 radical (unpaired) electrons. The maximum Gasteiger partial charge on any atom is 0.319 e. The van der Waals surface area contributed by atoms with Gasteiger partial charge in [0.1, 0.15) is 0 Å². The van der Waals surface area contributed by atoms with E-state index in [1.165, 1.54) is 7.05 Å². The van der Waals surface area contributed by atoms with Crippen molar-refractivity contribution in [2.45, 2.75) is 19.9 Å². The standard InChI is InChI=1S/C15H20N4O2/c1-3-7-19-8-6-11-4-5-12(9-13(11)19)18-15(21)17-10-14(20)16-2/h4-6,8-9H,3,7,10H2,1-2H3,(H,16,20)(H2,17,18,21). The van der Waals surface area contributed by atoms with Crippen LogP contribution in [0.1, 0.15) is 13.3 Å². The monoisotopic (exact) mass is 288 g/mol. The number of nitrogens with one attached hydrogen (secondary N) is 3. The van der Waals surface area contributed by atoms with Crippen LogP contribution >= 0.6 is 0 Å². The van der Waals surface area contributed by atoms with E-state index in [4.69, 9.17) is 0 Å². The minimum atomic E-state index is -0.397. The Hall–Kier alpha value is -2.50. The van der Waals surface area contributed by atoms with Gasteiger partial charge in [0, 0.05) is 25.5 Å². The molecule has 0 aliphatic rings. The first-order valence-corrected chi connectivity index (χ1v) is 6.98. The van der Waals surface area contributed by atoms with E-state index in [0.29, 0.717) is 5.69 Å². The summed E-state index contributed by atoms with van der Waals surface area (Å²) in [6.45, 7) is 3.02. The van der Waals surface area contributed by atoms with Gasteiger partial charge in [0.05, 0.1) is 12.1 Å². The summed E-state index contributed by atoms with van der Waals surface area (Å²) < 4.78 is 2.16. The van der Waals surface area contributed by atoms with Gasteiger partial charge >= 0.3 is 6.03 Å². The predicted octanol–water partition coefficient (Wildman–Crippen LogP) is 1.92. The molecule has 1 heterocycles. The number of hydrogen-bond acceptors (Lipinski definition) is 2. The Morgan fingerprint density at radius 1 is 1.24 bits per heavy atom. The molecule has 0 aliphatic heterocycles. The van der Waals surface area contributed by atoms with Gasteiger partial charge in [0.2, 0.25) is 5.91 Å². The fraction of sp³-hybridized carbons (Fsp3) is 0.333. The summed E-state index contributed by atoms with van der Waals surface area (Å²) in [4.78, 5) is 22.8. The molecule has 3 N–H and O–H groups in total. The Labute approximate surface area is 123 Å². The lowest BCUT2D eigenvalue weighted by Gasteiger charge is -2.08. The molecule has 0 aliphatic carbocycles. The number of rotatable bonds is 5. The molecule has 21 heavy (non-hydrogen) atoms. The number of anilines is 1. The van der Waals surface area contributed by atoms with E-state index >= 15 is 0 Å². The van der Waals surface area contributed by atoms with Crippen LogP contribution in [-0.2, 0) is 11.3 Å². The number of fused-ring (bicyclic) bond motifs is 1. The first-order chi connectivity index (χ1) is 10.1. The SMILES string of the molecule is CCCn1ccc2ccc(NC(=O)NCC(=O)NC)cc21. The number of hydrogen-bond donors (Lipinski definition) is 3. The third kappa shape index (κ3) is 3.75. The van der Waals surface area contributed by atoms with Crippen LogP contribution in [0.3, 0.4) is 0 Å². The van der Waals surface area contributed by atoms with Crippen molar-refractivity contribution < 1.29 is 9.59 Å². The Morgan fingerprint density at radius 2 is 2.05 bits per heavy atom. The molecular weight excluding hydrogens is 268 g/mol. The molecule has 0 unspecified atom stereocenters. The molecule has 1 aromatic carbocycles. The summed E-state index contributed by atoms with van der Waals surface area (Å²) in [7, 11) is 1.53. The van der Waals surface area contributed by atoms with Crippen molar-refractivity contribution in [1.82, 2.24) is 15.2 Å². The molecule has 6 nitrogen and oxygen atoms in total. The lowest BCUT2D eigenvalue weighted by atomic mass is 10.2. The van der Waals surface area contributed by atoms with Gasteiger partial charge in [-0.2, -0.15) is 0 Å². The molecule has 112 valence electrons. The van der Waals surface area contributed by atoms with Crippen LogP contribution in [0.5, 0.6) is 0 Å². The first-order valence-electron chi connectivity index (χ1n) is 6.98. The Morgan fingerprint density at radius 3 is 2.76 bits per heavy atom. The molecule has 0 saturated heterocycles. The third-order valence-corrected chi connectivity index (χ3v) is 3.18. The molecule has 0 saturated carbocycles. The number of urea groups is 1. The summed E-state index contributed by atoms with van der Waals surface area (Å²) in [5.74, 6) is -0.238. The summed E-state index contributed by atoms with van der Waals surface area (Å²) in [5, 5.41) is 8.80. The Balaban J connectivity index is 2.06. The number of likely N-dealkylation sites (N-methyl/N-ethyl adjacent to an activating group) is 1. The van der Waals surface area contributed by atoms with E-state index in [0.717, 1.165) is 23.9 Å². The quantitative estimate of drug-likeness (QED) is 0.786. The van der Waals surface area contributed by atoms with Crippen LogP contribution in [0.4, 0.5) is 10.5 Å². The first kappa shape index (κ1) is 14.9. The van der Waals surface area contributed by atoms with Crippen molar-refractivity contribution in [3.05, 3.63) is 30.5 Å². The predicted molar refractivity (Wildman–Crippen MR) is 83.3 cm³/mol. The van der Waals surface area contributed by atoms with Gasteiger partial charge < -0.3 is 20.5 Å². The molecule has 1 aromatic heterocycles. The lowest BCUT2D eigenvalue weighted by molar-refractivity contribution is -0.119. The molecular formula is C15H20N4O2. The largest absolute Gasteiger partial charge is 0.358 e. The smallest absolute Gasteiger partial charge is 0.319 e. The van der Waals surface area contributed by atoms with Gasteiger partial charge in [-0.3, -0.25) is 4.79 Å². The molecule has 0 fully saturated rings. The number of nitrogens with zero attached hydrogens (tertiary/aromatic N) is 1. The minimum Gasteiger partial charge on any atom is -0.358 e. The molecule has 0 bridgehead atoms. The lowest BCUT2D eigenvalue weighted by Crippen LogP contribution is -2.37. The zero-order valence-corrected chi connectivity index (χ0v) is 12.3. The second kappa shape index (κ2) is 6.78. The van der Waals surface area contributed by atoms with Crippen molar-refractivity contribution in [3.8, 4) is 0 Å². The number of carbonyl (C=O) groups is 2. The van der Waals surface area contributed by atoms with E-state index in [1.807, 2.05) is 24.4 Å². The van der Waals surface area contributed by atoms with Crippen LogP contribution in [0.15, 0.2) is 30.5 Å². The van der Waals surface area contributed by atoms with Crippen molar-refractivity contribution in [2.24, 2.45) is 0 Å². The fourth-order valence-corrected chi connectivity index (χ4v) is 2.12. The zero-order chi connectivity index (χ0) is 15.2. The number of amides is 3. The van der Waals surface area contributed by atoms with Crippen LogP contribution in [-0.4, -0.2) is 30.1 Å². The Kier molecular flexibility index (Phi) is 4.81. The second-order valence-electron chi connectivity index (χ2n) is 4.76. The van der Waals surface area contributed by atoms with Gasteiger partial charge in [-0.25, -0.2) is 4.79 Å². The van der Waals surface area contributed by atoms with Crippen molar-refractivity contribution in [3.63, 3.8) is 0 Å². The molecule has 6 heteroatoms. The van der Waals surface area contributed by atoms with Crippen LogP contribution in [0, 0.1) is 0 Å². The number of carbonyl (C=O) groups excluding carboxylic acids is 2. The van der Waals surface area contributed by atoms with E-state index in [2.05, 4.69) is 33.5 Å². The maximum absolute atomic E-state index is 11.7. The van der Waals surface area contributed by atoms with Crippen LogP contribution in [0.25, 0.3) is 10.9 Å². The van der Waals surface area contributed by atoms with Crippen molar-refractivity contribution in [2.75, 3.05) is 18.9 Å². The van der Waals surface area contributed by atoms with Gasteiger partial charge in [0.15, 0.2) is 0 Å². The summed E-state index contributed by atoms with van der Waals surface area (Å²) in [5.41, 5.74) is 1.79. The van der Waals surface area contributed by atoms with Crippen molar-refractivity contribution in [1.29, 1.82) is 0 Å². The molecule has 0 spiro atoms. The fourth-order valence-electron chi connectivity index (χ4n) is 2.12. The van der Waals surface area contributed by atoms with Gasteiger partial charge in [-0.05, 0) is 30.0 Å². The van der Waals surface area contributed by atoms with Crippen molar-refractivity contribution >= 4 is 28.5 Å². The van der Waals surface area contributed by atoms with Gasteiger partial charge in [0.25, 0.3) is 0 Å². The number of aryl methyl sites for hydroxylation is 1. The third-order valence-electron chi connectivity index (χ3n) is 3.18. The number of aromatic nitrogens is 1. The topological polar surface area (TPSA) is 75.2 Å². The summed E-state index contributed by atoms with van der Waals surface area (Å²) >= 11 is 0. The molecule has 0 atom stereocenters. The Bertz CT molecular complexity index is 648. The van der Waals surface area contributed by atoms with E-state index in [9.17, 15) is 9.59 Å². The van der Waals surface area contributed by atoms with Gasteiger partial charge in [-0.15, -0.1) is 0 Å². The highest BCUT2D eigenvalue weighted by Crippen LogP contribution is 2.20. The van der Waals surface area contributed by atoms with Crippen LogP contribution in [0.2, 0.25) is 0 Å². The second-order valence-corrected chi connectivity index (χ2v) is 4.76.